The van der Waals surface area contributed by atoms with Crippen molar-refractivity contribution in [3.05, 3.63) is 10.4 Å². The molecule has 0 heterocycles. The van der Waals surface area contributed by atoms with Crippen molar-refractivity contribution in [1.29, 1.82) is 0 Å². The van der Waals surface area contributed by atoms with E-state index in [1.807, 2.05) is 0 Å². The van der Waals surface area contributed by atoms with E-state index in [2.05, 4.69) is 22.3 Å². The van der Waals surface area contributed by atoms with Gasteiger partial charge in [-0.1, -0.05) is 18.5 Å². The largest absolute Gasteiger partial charge is 0.356 e. The maximum absolute atomic E-state index is 11.3. The molecular weight excluding hydrogens is 192 g/mol. The highest BCUT2D eigenvalue weighted by Gasteiger charge is 2.26. The number of hydrogen-bond acceptors (Lipinski definition) is 2. The van der Waals surface area contributed by atoms with Crippen LogP contribution in [0.15, 0.2) is 5.11 Å². The normalized spacial score (nSPS) is 23.8. The molecule has 1 amide bonds. The third kappa shape index (κ3) is 4.21. The van der Waals surface area contributed by atoms with E-state index in [0.717, 1.165) is 12.5 Å². The molecule has 0 aromatic rings. The zero-order valence-corrected chi connectivity index (χ0v) is 9.15. The van der Waals surface area contributed by atoms with E-state index < -0.39 is 0 Å². The SMILES string of the molecule is CC1CCC1CNC(=O)CCCN=[N+]=[N-]. The summed E-state index contributed by atoms with van der Waals surface area (Å²) in [6, 6.07) is 0. The van der Waals surface area contributed by atoms with Crippen molar-refractivity contribution >= 4 is 5.91 Å². The lowest BCUT2D eigenvalue weighted by molar-refractivity contribution is -0.121. The average molecular weight is 210 g/mol. The molecule has 0 radical (unpaired) electrons. The van der Waals surface area contributed by atoms with Crippen LogP contribution in [0.5, 0.6) is 0 Å². The minimum atomic E-state index is 0.0715. The molecule has 2 atom stereocenters. The number of amides is 1. The number of nitrogens with one attached hydrogen (secondary N) is 1. The van der Waals surface area contributed by atoms with Gasteiger partial charge in [-0.3, -0.25) is 4.79 Å². The molecule has 0 bridgehead atoms. The molecule has 2 unspecified atom stereocenters. The van der Waals surface area contributed by atoms with Gasteiger partial charge in [-0.2, -0.15) is 0 Å². The minimum absolute atomic E-state index is 0.0715. The predicted molar refractivity (Wildman–Crippen MR) is 58.1 cm³/mol. The van der Waals surface area contributed by atoms with Gasteiger partial charge in [-0.25, -0.2) is 0 Å². The van der Waals surface area contributed by atoms with Crippen molar-refractivity contribution in [2.24, 2.45) is 17.0 Å². The number of nitrogens with zero attached hydrogens (tertiary/aromatic N) is 3. The Bertz CT molecular complexity index is 260. The molecule has 0 aliphatic heterocycles. The van der Waals surface area contributed by atoms with Gasteiger partial charge in [0.05, 0.1) is 0 Å². The molecule has 0 saturated heterocycles. The maximum Gasteiger partial charge on any atom is 0.220 e. The molecular formula is C10H18N4O. The fourth-order valence-corrected chi connectivity index (χ4v) is 1.73. The van der Waals surface area contributed by atoms with Gasteiger partial charge in [-0.15, -0.1) is 0 Å². The van der Waals surface area contributed by atoms with Crippen LogP contribution in [0, 0.1) is 11.8 Å². The van der Waals surface area contributed by atoms with Crippen molar-refractivity contribution in [2.45, 2.75) is 32.6 Å². The second-order valence-electron chi connectivity index (χ2n) is 4.18. The first-order chi connectivity index (χ1) is 7.24. The van der Waals surface area contributed by atoms with Crippen LogP contribution in [-0.2, 0) is 4.79 Å². The van der Waals surface area contributed by atoms with Gasteiger partial charge < -0.3 is 5.32 Å². The quantitative estimate of drug-likeness (QED) is 0.310. The van der Waals surface area contributed by atoms with Crippen LogP contribution < -0.4 is 5.32 Å². The Morgan fingerprint density at radius 2 is 2.40 bits per heavy atom. The second-order valence-corrected chi connectivity index (χ2v) is 4.18. The molecule has 0 aromatic heterocycles. The smallest absolute Gasteiger partial charge is 0.220 e. The molecule has 1 aliphatic carbocycles. The first-order valence-electron chi connectivity index (χ1n) is 5.51. The lowest BCUT2D eigenvalue weighted by Crippen LogP contribution is -2.36. The van der Waals surface area contributed by atoms with Crippen LogP contribution >= 0.6 is 0 Å². The summed E-state index contributed by atoms with van der Waals surface area (Å²) in [5.74, 6) is 1.50. The van der Waals surface area contributed by atoms with Gasteiger partial charge >= 0.3 is 0 Å². The fourth-order valence-electron chi connectivity index (χ4n) is 1.73. The summed E-state index contributed by atoms with van der Waals surface area (Å²) >= 11 is 0. The van der Waals surface area contributed by atoms with Crippen molar-refractivity contribution in [1.82, 2.24) is 5.32 Å². The summed E-state index contributed by atoms with van der Waals surface area (Å²) in [6.07, 6.45) is 3.62. The molecule has 84 valence electrons. The van der Waals surface area contributed by atoms with Crippen molar-refractivity contribution in [3.8, 4) is 0 Å². The van der Waals surface area contributed by atoms with E-state index in [4.69, 9.17) is 5.53 Å². The highest BCUT2D eigenvalue weighted by atomic mass is 16.1. The van der Waals surface area contributed by atoms with E-state index >= 15 is 0 Å². The number of carbonyl (C=O) groups is 1. The van der Waals surface area contributed by atoms with Gasteiger partial charge in [0.25, 0.3) is 0 Å². The summed E-state index contributed by atoms with van der Waals surface area (Å²) in [7, 11) is 0. The van der Waals surface area contributed by atoms with E-state index in [1.165, 1.54) is 12.8 Å². The van der Waals surface area contributed by atoms with E-state index in [0.29, 0.717) is 25.3 Å². The summed E-state index contributed by atoms with van der Waals surface area (Å²) in [4.78, 5) is 13.9. The Hall–Kier alpha value is -1.22. The summed E-state index contributed by atoms with van der Waals surface area (Å²) < 4.78 is 0. The molecule has 1 aliphatic rings. The van der Waals surface area contributed by atoms with Gasteiger partial charge in [0.15, 0.2) is 0 Å². The molecule has 0 aromatic carbocycles. The van der Waals surface area contributed by atoms with Crippen LogP contribution in [0.25, 0.3) is 10.4 Å². The molecule has 1 N–H and O–H groups in total. The van der Waals surface area contributed by atoms with Gasteiger partial charge in [0.1, 0.15) is 0 Å². The topological polar surface area (TPSA) is 77.9 Å². The van der Waals surface area contributed by atoms with Crippen LogP contribution in [-0.4, -0.2) is 19.0 Å². The highest BCUT2D eigenvalue weighted by Crippen LogP contribution is 2.32. The molecule has 0 spiro atoms. The molecule has 1 saturated carbocycles. The van der Waals surface area contributed by atoms with Gasteiger partial charge in [0, 0.05) is 24.4 Å². The highest BCUT2D eigenvalue weighted by molar-refractivity contribution is 5.75. The van der Waals surface area contributed by atoms with Gasteiger partial charge in [-0.05, 0) is 30.2 Å². The zero-order chi connectivity index (χ0) is 11.1. The number of rotatable bonds is 6. The molecule has 15 heavy (non-hydrogen) atoms. The minimum Gasteiger partial charge on any atom is -0.356 e. The standard InChI is InChI=1S/C10H18N4O/c1-8-4-5-9(8)7-12-10(15)3-2-6-13-14-11/h8-9H,2-7H2,1H3,(H,12,15). The summed E-state index contributed by atoms with van der Waals surface area (Å²) in [5, 5.41) is 6.30. The third-order valence-corrected chi connectivity index (χ3v) is 3.08. The molecule has 5 heteroatoms. The van der Waals surface area contributed by atoms with E-state index in [-0.39, 0.29) is 5.91 Å². The van der Waals surface area contributed by atoms with E-state index in [9.17, 15) is 4.79 Å². The van der Waals surface area contributed by atoms with Crippen LogP contribution in [0.1, 0.15) is 32.6 Å². The zero-order valence-electron chi connectivity index (χ0n) is 9.15. The van der Waals surface area contributed by atoms with Crippen molar-refractivity contribution in [3.63, 3.8) is 0 Å². The Kier molecular flexibility index (Phi) is 4.98. The number of azide groups is 1. The lowest BCUT2D eigenvalue weighted by Gasteiger charge is -2.33. The van der Waals surface area contributed by atoms with Gasteiger partial charge in [0.2, 0.25) is 5.91 Å². The Morgan fingerprint density at radius 3 is 2.93 bits per heavy atom. The average Bonchev–Trinajstić information content (AvgIpc) is 2.22. The summed E-state index contributed by atoms with van der Waals surface area (Å²) in [6.45, 7) is 3.44. The lowest BCUT2D eigenvalue weighted by atomic mass is 9.75. The van der Waals surface area contributed by atoms with Crippen LogP contribution in [0.2, 0.25) is 0 Å². The first kappa shape index (κ1) is 11.9. The maximum atomic E-state index is 11.3. The first-order valence-corrected chi connectivity index (χ1v) is 5.51. The molecule has 1 fully saturated rings. The second kappa shape index (κ2) is 6.30. The van der Waals surface area contributed by atoms with Crippen LogP contribution in [0.4, 0.5) is 0 Å². The number of carbonyl (C=O) groups excluding carboxylic acids is 1. The fraction of sp³-hybridized carbons (Fsp3) is 0.900. The third-order valence-electron chi connectivity index (χ3n) is 3.08. The Morgan fingerprint density at radius 1 is 1.60 bits per heavy atom. The Balaban J connectivity index is 2.00. The summed E-state index contributed by atoms with van der Waals surface area (Å²) in [5.41, 5.74) is 8.03. The number of hydrogen-bond donors (Lipinski definition) is 1. The van der Waals surface area contributed by atoms with Crippen molar-refractivity contribution in [2.75, 3.05) is 13.1 Å². The van der Waals surface area contributed by atoms with Crippen LogP contribution in [0.3, 0.4) is 0 Å². The van der Waals surface area contributed by atoms with Crippen molar-refractivity contribution < 1.29 is 4.79 Å². The predicted octanol–water partition coefficient (Wildman–Crippen LogP) is 2.24. The van der Waals surface area contributed by atoms with E-state index in [1.54, 1.807) is 0 Å². The monoisotopic (exact) mass is 210 g/mol. The Labute approximate surface area is 89.9 Å². The molecule has 1 rings (SSSR count). The molecule has 5 nitrogen and oxygen atoms in total.